The maximum Gasteiger partial charge on any atom is 0.196 e. The van der Waals surface area contributed by atoms with Gasteiger partial charge in [-0.2, -0.15) is 0 Å². The fraction of sp³-hybridized carbons (Fsp3) is 0.0455. The Labute approximate surface area is 175 Å². The number of ketones is 1. The van der Waals surface area contributed by atoms with Gasteiger partial charge in [0.05, 0.1) is 26.6 Å². The third-order valence-corrected chi connectivity index (χ3v) is 4.99. The van der Waals surface area contributed by atoms with E-state index in [1.165, 1.54) is 12.1 Å². The Morgan fingerprint density at radius 3 is 2.55 bits per heavy atom. The molecule has 0 saturated heterocycles. The van der Waals surface area contributed by atoms with Gasteiger partial charge < -0.3 is 4.74 Å². The molecular weight excluding hydrogens is 414 g/mol. The molecule has 4 nitrogen and oxygen atoms in total. The number of ether oxygens (including phenoxy) is 1. The van der Waals surface area contributed by atoms with E-state index >= 15 is 0 Å². The number of benzene rings is 3. The van der Waals surface area contributed by atoms with Crippen LogP contribution in [0.4, 0.5) is 4.39 Å². The van der Waals surface area contributed by atoms with Crippen molar-refractivity contribution in [1.29, 1.82) is 0 Å². The summed E-state index contributed by atoms with van der Waals surface area (Å²) in [7, 11) is 0. The molecule has 144 valence electrons. The lowest BCUT2D eigenvalue weighted by Gasteiger charge is -2.13. The van der Waals surface area contributed by atoms with E-state index in [0.717, 1.165) is 0 Å². The van der Waals surface area contributed by atoms with E-state index in [4.69, 9.17) is 27.9 Å². The SMILES string of the molecule is O=C(c1ccc2nccnc2c1)c1c(Cl)ccc(OCc2cccc(F)c2)c1Cl. The Kier molecular flexibility index (Phi) is 5.43. The van der Waals surface area contributed by atoms with Crippen molar-refractivity contribution >= 4 is 40.0 Å². The van der Waals surface area contributed by atoms with Crippen molar-refractivity contribution < 1.29 is 13.9 Å². The van der Waals surface area contributed by atoms with E-state index in [0.29, 0.717) is 22.2 Å². The number of carbonyl (C=O) groups excluding carboxylic acids is 1. The van der Waals surface area contributed by atoms with Gasteiger partial charge >= 0.3 is 0 Å². The molecule has 0 atom stereocenters. The van der Waals surface area contributed by atoms with E-state index in [9.17, 15) is 9.18 Å². The highest BCUT2D eigenvalue weighted by Crippen LogP contribution is 2.35. The largest absolute Gasteiger partial charge is 0.487 e. The third-order valence-electron chi connectivity index (χ3n) is 4.30. The molecule has 4 aromatic rings. The summed E-state index contributed by atoms with van der Waals surface area (Å²) in [5, 5.41) is 0.301. The number of rotatable bonds is 5. The second-order valence-electron chi connectivity index (χ2n) is 6.24. The highest BCUT2D eigenvalue weighted by Gasteiger charge is 2.21. The summed E-state index contributed by atoms with van der Waals surface area (Å²) in [6.07, 6.45) is 3.13. The van der Waals surface area contributed by atoms with E-state index in [1.807, 2.05) is 0 Å². The predicted octanol–water partition coefficient (Wildman–Crippen LogP) is 5.89. The molecule has 0 aliphatic rings. The minimum absolute atomic E-state index is 0.0955. The third kappa shape index (κ3) is 4.06. The summed E-state index contributed by atoms with van der Waals surface area (Å²) in [4.78, 5) is 21.5. The molecule has 4 rings (SSSR count). The minimum atomic E-state index is -0.358. The van der Waals surface area contributed by atoms with Crippen molar-refractivity contribution in [3.8, 4) is 5.75 Å². The number of hydrogen-bond acceptors (Lipinski definition) is 4. The number of halogens is 3. The molecule has 1 heterocycles. The number of hydrogen-bond donors (Lipinski definition) is 0. The van der Waals surface area contributed by atoms with Crippen molar-refractivity contribution in [2.45, 2.75) is 6.61 Å². The molecule has 0 unspecified atom stereocenters. The van der Waals surface area contributed by atoms with E-state index in [-0.39, 0.29) is 39.6 Å². The summed E-state index contributed by atoms with van der Waals surface area (Å²) in [6.45, 7) is 0.0955. The van der Waals surface area contributed by atoms with Gasteiger partial charge in [-0.3, -0.25) is 14.8 Å². The maximum atomic E-state index is 13.3. The van der Waals surface area contributed by atoms with E-state index in [1.54, 1.807) is 54.9 Å². The second-order valence-corrected chi connectivity index (χ2v) is 7.03. The van der Waals surface area contributed by atoms with Crippen LogP contribution < -0.4 is 4.74 Å². The zero-order valence-corrected chi connectivity index (χ0v) is 16.4. The zero-order chi connectivity index (χ0) is 20.4. The van der Waals surface area contributed by atoms with Crippen LogP contribution in [0.25, 0.3) is 11.0 Å². The average Bonchev–Trinajstić information content (AvgIpc) is 2.73. The Morgan fingerprint density at radius 2 is 1.76 bits per heavy atom. The number of aromatic nitrogens is 2. The van der Waals surface area contributed by atoms with Crippen LogP contribution in [0.2, 0.25) is 10.0 Å². The Bertz CT molecular complexity index is 1230. The molecule has 0 aliphatic carbocycles. The molecule has 0 fully saturated rings. The van der Waals surface area contributed by atoms with Gasteiger partial charge in [-0.15, -0.1) is 0 Å². The standard InChI is InChI=1S/C22H13Cl2FN2O2/c23-16-5-7-19(29-12-13-2-1-3-15(25)10-13)21(24)20(16)22(28)14-4-6-17-18(11-14)27-9-8-26-17/h1-11H,12H2. The Hall–Kier alpha value is -3.02. The van der Waals surface area contributed by atoms with Crippen molar-refractivity contribution in [2.24, 2.45) is 0 Å². The molecule has 0 amide bonds. The van der Waals surface area contributed by atoms with Crippen LogP contribution in [0.5, 0.6) is 5.75 Å². The van der Waals surface area contributed by atoms with Crippen LogP contribution in [0, 0.1) is 5.82 Å². The molecule has 0 bridgehead atoms. The van der Waals surface area contributed by atoms with Gasteiger partial charge in [0, 0.05) is 18.0 Å². The maximum absolute atomic E-state index is 13.3. The second kappa shape index (κ2) is 8.15. The molecule has 0 spiro atoms. The molecule has 0 radical (unpaired) electrons. The monoisotopic (exact) mass is 426 g/mol. The van der Waals surface area contributed by atoms with Gasteiger partial charge in [0.2, 0.25) is 0 Å². The van der Waals surface area contributed by atoms with E-state index < -0.39 is 0 Å². The summed E-state index contributed by atoms with van der Waals surface area (Å²) in [5.41, 5.74) is 2.41. The normalized spacial score (nSPS) is 10.9. The van der Waals surface area contributed by atoms with Crippen LogP contribution in [-0.2, 0) is 6.61 Å². The minimum Gasteiger partial charge on any atom is -0.487 e. The molecule has 0 N–H and O–H groups in total. The molecule has 3 aromatic carbocycles. The molecule has 7 heteroatoms. The van der Waals surface area contributed by atoms with Crippen LogP contribution in [0.15, 0.2) is 67.0 Å². The van der Waals surface area contributed by atoms with Crippen LogP contribution in [0.3, 0.4) is 0 Å². The fourth-order valence-corrected chi connectivity index (χ4v) is 3.49. The highest BCUT2D eigenvalue weighted by molar-refractivity contribution is 6.41. The number of nitrogens with zero attached hydrogens (tertiary/aromatic N) is 2. The van der Waals surface area contributed by atoms with Crippen molar-refractivity contribution in [3.63, 3.8) is 0 Å². The highest BCUT2D eigenvalue weighted by atomic mass is 35.5. The van der Waals surface area contributed by atoms with Gasteiger partial charge in [-0.1, -0.05) is 35.3 Å². The van der Waals surface area contributed by atoms with Crippen LogP contribution in [0.1, 0.15) is 21.5 Å². The van der Waals surface area contributed by atoms with Gasteiger partial charge in [0.25, 0.3) is 0 Å². The van der Waals surface area contributed by atoms with E-state index in [2.05, 4.69) is 9.97 Å². The van der Waals surface area contributed by atoms with Crippen molar-refractivity contribution in [2.75, 3.05) is 0 Å². The van der Waals surface area contributed by atoms with Crippen LogP contribution >= 0.6 is 23.2 Å². The Balaban J connectivity index is 1.65. The average molecular weight is 427 g/mol. The van der Waals surface area contributed by atoms with Crippen molar-refractivity contribution in [3.05, 3.63) is 99.5 Å². The van der Waals surface area contributed by atoms with Gasteiger partial charge in [-0.25, -0.2) is 4.39 Å². The van der Waals surface area contributed by atoms with Gasteiger partial charge in [-0.05, 0) is 48.0 Å². The first kappa shape index (κ1) is 19.3. The summed E-state index contributed by atoms with van der Waals surface area (Å²) in [5.74, 6) is -0.434. The molecule has 1 aromatic heterocycles. The Morgan fingerprint density at radius 1 is 0.966 bits per heavy atom. The number of fused-ring (bicyclic) bond motifs is 1. The summed E-state index contributed by atoms with van der Waals surface area (Å²) in [6, 6.07) is 14.2. The molecule has 29 heavy (non-hydrogen) atoms. The first-order valence-electron chi connectivity index (χ1n) is 8.63. The zero-order valence-electron chi connectivity index (χ0n) is 14.9. The quantitative estimate of drug-likeness (QED) is 0.373. The molecule has 0 aliphatic heterocycles. The van der Waals surface area contributed by atoms with Crippen molar-refractivity contribution in [1.82, 2.24) is 9.97 Å². The number of carbonyl (C=O) groups is 1. The lowest BCUT2D eigenvalue weighted by molar-refractivity contribution is 0.103. The topological polar surface area (TPSA) is 52.1 Å². The molecule has 0 saturated carbocycles. The van der Waals surface area contributed by atoms with Gasteiger partial charge in [0.15, 0.2) is 5.78 Å². The first-order chi connectivity index (χ1) is 14.0. The summed E-state index contributed by atoms with van der Waals surface area (Å²) < 4.78 is 19.0. The predicted molar refractivity (Wildman–Crippen MR) is 110 cm³/mol. The molecular formula is C22H13Cl2FN2O2. The van der Waals surface area contributed by atoms with Gasteiger partial charge in [0.1, 0.15) is 18.2 Å². The smallest absolute Gasteiger partial charge is 0.196 e. The van der Waals surface area contributed by atoms with Crippen LogP contribution in [-0.4, -0.2) is 15.8 Å². The fourth-order valence-electron chi connectivity index (χ4n) is 2.89. The lowest BCUT2D eigenvalue weighted by atomic mass is 10.0. The first-order valence-corrected chi connectivity index (χ1v) is 9.39. The summed E-state index contributed by atoms with van der Waals surface area (Å²) >= 11 is 12.7. The lowest BCUT2D eigenvalue weighted by Crippen LogP contribution is -2.05.